The van der Waals surface area contributed by atoms with E-state index >= 15 is 0 Å². The molecule has 0 aliphatic rings. The van der Waals surface area contributed by atoms with Crippen molar-refractivity contribution in [1.29, 1.82) is 0 Å². The molecule has 0 amide bonds. The summed E-state index contributed by atoms with van der Waals surface area (Å²) in [7, 11) is 5.09. The molecular weight excluding hydrogens is 254 g/mol. The Hall–Kier alpha value is -1.53. The SMILES string of the molecule is CN(C)CC(O)CN(C)c1c(C=O)ccc(F)c1F. The molecule has 1 N–H and O–H groups in total. The molecule has 1 unspecified atom stereocenters. The summed E-state index contributed by atoms with van der Waals surface area (Å²) in [6, 6.07) is 2.13. The lowest BCUT2D eigenvalue weighted by Gasteiger charge is -2.25. The topological polar surface area (TPSA) is 43.8 Å². The standard InChI is InChI=1S/C13H18F2N2O2/c1-16(2)6-10(19)7-17(3)13-9(8-18)4-5-11(14)12(13)15/h4-5,8,10,19H,6-7H2,1-3H3. The molecule has 1 aromatic rings. The van der Waals surface area contributed by atoms with E-state index in [0.29, 0.717) is 12.8 Å². The summed E-state index contributed by atoms with van der Waals surface area (Å²) in [6.07, 6.45) is -0.269. The van der Waals surface area contributed by atoms with Crippen LogP contribution in [0.3, 0.4) is 0 Å². The van der Waals surface area contributed by atoms with Crippen molar-refractivity contribution >= 4 is 12.0 Å². The second-order valence-electron chi connectivity index (χ2n) is 4.71. The number of carbonyl (C=O) groups excluding carboxylic acids is 1. The highest BCUT2D eigenvalue weighted by Gasteiger charge is 2.19. The van der Waals surface area contributed by atoms with Gasteiger partial charge in [-0.3, -0.25) is 4.79 Å². The van der Waals surface area contributed by atoms with Gasteiger partial charge >= 0.3 is 0 Å². The van der Waals surface area contributed by atoms with Crippen LogP contribution in [0.25, 0.3) is 0 Å². The molecule has 19 heavy (non-hydrogen) atoms. The molecule has 1 rings (SSSR count). The van der Waals surface area contributed by atoms with E-state index in [1.807, 2.05) is 0 Å². The van der Waals surface area contributed by atoms with Gasteiger partial charge in [0.1, 0.15) is 0 Å². The summed E-state index contributed by atoms with van der Waals surface area (Å²) in [6.45, 7) is 0.483. The first-order valence-corrected chi connectivity index (χ1v) is 5.84. The van der Waals surface area contributed by atoms with E-state index in [0.717, 1.165) is 6.07 Å². The van der Waals surface area contributed by atoms with Crippen LogP contribution in [0.4, 0.5) is 14.5 Å². The number of aliphatic hydroxyl groups excluding tert-OH is 1. The number of carbonyl (C=O) groups is 1. The fourth-order valence-electron chi connectivity index (χ4n) is 1.92. The van der Waals surface area contributed by atoms with Crippen LogP contribution in [0.15, 0.2) is 12.1 Å². The first kappa shape index (κ1) is 15.5. The van der Waals surface area contributed by atoms with Crippen LogP contribution in [0.5, 0.6) is 0 Å². The van der Waals surface area contributed by atoms with Gasteiger partial charge in [0.25, 0.3) is 0 Å². The number of rotatable bonds is 6. The highest BCUT2D eigenvalue weighted by atomic mass is 19.2. The maximum atomic E-state index is 13.7. The number of aldehydes is 1. The van der Waals surface area contributed by atoms with Crippen molar-refractivity contribution in [3.63, 3.8) is 0 Å². The lowest BCUT2D eigenvalue weighted by Crippen LogP contribution is -2.37. The fourth-order valence-corrected chi connectivity index (χ4v) is 1.92. The minimum absolute atomic E-state index is 0.0541. The van der Waals surface area contributed by atoms with Crippen molar-refractivity contribution in [3.8, 4) is 0 Å². The summed E-state index contributed by atoms with van der Waals surface area (Å²) in [5, 5.41) is 9.79. The van der Waals surface area contributed by atoms with Crippen LogP contribution < -0.4 is 4.90 Å². The molecule has 0 aromatic heterocycles. The Kier molecular flexibility index (Phi) is 5.38. The zero-order chi connectivity index (χ0) is 14.6. The second kappa shape index (κ2) is 6.58. The normalized spacial score (nSPS) is 12.6. The molecule has 4 nitrogen and oxygen atoms in total. The van der Waals surface area contributed by atoms with Crippen molar-refractivity contribution in [2.75, 3.05) is 39.1 Å². The number of likely N-dealkylation sites (N-methyl/N-ethyl adjacent to an activating group) is 2. The summed E-state index contributed by atoms with van der Waals surface area (Å²) >= 11 is 0. The molecule has 1 atom stereocenters. The van der Waals surface area contributed by atoms with Gasteiger partial charge in [-0.05, 0) is 26.2 Å². The maximum Gasteiger partial charge on any atom is 0.182 e. The van der Waals surface area contributed by atoms with Crippen LogP contribution in [0.2, 0.25) is 0 Å². The van der Waals surface area contributed by atoms with E-state index in [-0.39, 0.29) is 17.8 Å². The van der Waals surface area contributed by atoms with E-state index < -0.39 is 17.7 Å². The molecule has 106 valence electrons. The van der Waals surface area contributed by atoms with Gasteiger partial charge in [0.15, 0.2) is 17.9 Å². The number of anilines is 1. The molecule has 1 aromatic carbocycles. The zero-order valence-corrected chi connectivity index (χ0v) is 11.2. The molecular formula is C13H18F2N2O2. The molecule has 0 saturated heterocycles. The van der Waals surface area contributed by atoms with E-state index in [2.05, 4.69) is 0 Å². The van der Waals surface area contributed by atoms with E-state index in [1.165, 1.54) is 18.0 Å². The minimum atomic E-state index is -1.08. The third-order valence-electron chi connectivity index (χ3n) is 2.67. The average Bonchev–Trinajstić information content (AvgIpc) is 2.30. The Labute approximate surface area is 111 Å². The lowest BCUT2D eigenvalue weighted by atomic mass is 10.1. The number of aliphatic hydroxyl groups is 1. The monoisotopic (exact) mass is 272 g/mol. The Morgan fingerprint density at radius 3 is 2.42 bits per heavy atom. The number of hydrogen-bond donors (Lipinski definition) is 1. The van der Waals surface area contributed by atoms with Crippen molar-refractivity contribution in [1.82, 2.24) is 4.90 Å². The first-order chi connectivity index (χ1) is 8.86. The minimum Gasteiger partial charge on any atom is -0.390 e. The molecule has 0 saturated carbocycles. The lowest BCUT2D eigenvalue weighted by molar-refractivity contribution is 0.112. The van der Waals surface area contributed by atoms with Gasteiger partial charge in [-0.1, -0.05) is 0 Å². The van der Waals surface area contributed by atoms with Crippen LogP contribution in [-0.2, 0) is 0 Å². The van der Waals surface area contributed by atoms with E-state index in [9.17, 15) is 18.7 Å². The molecule has 0 aliphatic heterocycles. The highest BCUT2D eigenvalue weighted by Crippen LogP contribution is 2.24. The van der Waals surface area contributed by atoms with Crippen molar-refractivity contribution < 1.29 is 18.7 Å². The van der Waals surface area contributed by atoms with Gasteiger partial charge in [-0.2, -0.15) is 0 Å². The first-order valence-electron chi connectivity index (χ1n) is 5.84. The summed E-state index contributed by atoms with van der Waals surface area (Å²) in [5.74, 6) is -2.10. The Balaban J connectivity index is 2.95. The third-order valence-corrected chi connectivity index (χ3v) is 2.67. The number of nitrogens with zero attached hydrogens (tertiary/aromatic N) is 2. The van der Waals surface area contributed by atoms with Gasteiger partial charge < -0.3 is 14.9 Å². The molecule has 0 radical (unpaired) electrons. The summed E-state index contributed by atoms with van der Waals surface area (Å²) in [5.41, 5.74) is -0.0775. The Morgan fingerprint density at radius 2 is 1.89 bits per heavy atom. The zero-order valence-electron chi connectivity index (χ0n) is 11.2. The maximum absolute atomic E-state index is 13.7. The highest BCUT2D eigenvalue weighted by molar-refractivity contribution is 5.84. The van der Waals surface area contributed by atoms with Gasteiger partial charge in [-0.15, -0.1) is 0 Å². The molecule has 0 fully saturated rings. The van der Waals surface area contributed by atoms with Crippen LogP contribution in [0, 0.1) is 11.6 Å². The van der Waals surface area contributed by atoms with E-state index in [1.54, 1.807) is 19.0 Å². The largest absolute Gasteiger partial charge is 0.390 e. The molecule has 6 heteroatoms. The Bertz CT molecular complexity index is 453. The average molecular weight is 272 g/mol. The van der Waals surface area contributed by atoms with Crippen molar-refractivity contribution in [3.05, 3.63) is 29.3 Å². The van der Waals surface area contributed by atoms with Crippen molar-refractivity contribution in [2.45, 2.75) is 6.10 Å². The van der Waals surface area contributed by atoms with Gasteiger partial charge in [0, 0.05) is 25.7 Å². The predicted octanol–water partition coefficient (Wildman–Crippen LogP) is 1.14. The smallest absolute Gasteiger partial charge is 0.182 e. The fraction of sp³-hybridized carbons (Fsp3) is 0.462. The number of benzene rings is 1. The van der Waals surface area contributed by atoms with Crippen LogP contribution >= 0.6 is 0 Å². The number of halogens is 2. The van der Waals surface area contributed by atoms with Crippen molar-refractivity contribution in [2.24, 2.45) is 0 Å². The van der Waals surface area contributed by atoms with Gasteiger partial charge in [0.05, 0.1) is 11.8 Å². The molecule has 0 bridgehead atoms. The molecule has 0 spiro atoms. The quantitative estimate of drug-likeness (QED) is 0.789. The van der Waals surface area contributed by atoms with Crippen LogP contribution in [0.1, 0.15) is 10.4 Å². The summed E-state index contributed by atoms with van der Waals surface area (Å²) < 4.78 is 27.0. The van der Waals surface area contributed by atoms with Gasteiger partial charge in [-0.25, -0.2) is 8.78 Å². The molecule has 0 heterocycles. The van der Waals surface area contributed by atoms with E-state index in [4.69, 9.17) is 0 Å². The summed E-state index contributed by atoms with van der Waals surface area (Å²) in [4.78, 5) is 14.0. The third kappa shape index (κ3) is 3.97. The van der Waals surface area contributed by atoms with Crippen LogP contribution in [-0.4, -0.2) is 56.6 Å². The van der Waals surface area contributed by atoms with Gasteiger partial charge in [0.2, 0.25) is 0 Å². The predicted molar refractivity (Wildman–Crippen MR) is 69.6 cm³/mol. The number of hydrogen-bond acceptors (Lipinski definition) is 4. The molecule has 0 aliphatic carbocycles. The second-order valence-corrected chi connectivity index (χ2v) is 4.71. The Morgan fingerprint density at radius 1 is 1.26 bits per heavy atom.